The summed E-state index contributed by atoms with van der Waals surface area (Å²) in [6.45, 7) is 4.72. The Balaban J connectivity index is 1.85. The summed E-state index contributed by atoms with van der Waals surface area (Å²) in [4.78, 5) is 28.6. The number of benzene rings is 3. The maximum atomic E-state index is 13.6. The summed E-state index contributed by atoms with van der Waals surface area (Å²) in [6.07, 6.45) is 0.360. The Kier molecular flexibility index (Phi) is 11.3. The first-order chi connectivity index (χ1) is 17.7. The molecule has 0 spiro atoms. The van der Waals surface area contributed by atoms with E-state index in [0.717, 1.165) is 16.7 Å². The fourth-order valence-corrected chi connectivity index (χ4v) is 5.40. The van der Waals surface area contributed by atoms with Crippen LogP contribution < -0.4 is 5.32 Å². The highest BCUT2D eigenvalue weighted by Gasteiger charge is 2.30. The monoisotopic (exact) mass is 560 g/mol. The van der Waals surface area contributed by atoms with Crippen molar-refractivity contribution in [2.75, 3.05) is 12.3 Å². The number of nitrogens with one attached hydrogen (secondary N) is 1. The van der Waals surface area contributed by atoms with E-state index in [2.05, 4.69) is 5.32 Å². The first kappa shape index (κ1) is 29.0. The van der Waals surface area contributed by atoms with Crippen molar-refractivity contribution in [1.29, 1.82) is 0 Å². The van der Waals surface area contributed by atoms with E-state index < -0.39 is 6.04 Å². The maximum absolute atomic E-state index is 13.6. The van der Waals surface area contributed by atoms with Gasteiger partial charge in [0.15, 0.2) is 0 Å². The lowest BCUT2D eigenvalue weighted by molar-refractivity contribution is -0.139. The molecule has 0 fully saturated rings. The van der Waals surface area contributed by atoms with Crippen LogP contribution in [0.15, 0.2) is 72.8 Å². The second kappa shape index (κ2) is 14.4. The molecule has 2 amide bonds. The van der Waals surface area contributed by atoms with E-state index in [1.807, 2.05) is 44.2 Å². The van der Waals surface area contributed by atoms with Gasteiger partial charge < -0.3 is 10.2 Å². The molecule has 0 unspecified atom stereocenters. The van der Waals surface area contributed by atoms with Gasteiger partial charge in [-0.2, -0.15) is 0 Å². The lowest BCUT2D eigenvalue weighted by Gasteiger charge is -2.32. The van der Waals surface area contributed by atoms with Crippen molar-refractivity contribution >= 4 is 46.8 Å². The third-order valence-electron chi connectivity index (χ3n) is 5.76. The fraction of sp³-hybridized carbons (Fsp3) is 0.310. The molecule has 0 aliphatic carbocycles. The predicted molar refractivity (Wildman–Crippen MR) is 151 cm³/mol. The summed E-state index contributed by atoms with van der Waals surface area (Å²) in [5, 5.41) is 4.09. The van der Waals surface area contributed by atoms with Crippen molar-refractivity contribution in [3.05, 3.63) is 105 Å². The minimum atomic E-state index is -0.733. The summed E-state index contributed by atoms with van der Waals surface area (Å²) in [7, 11) is 0. The molecule has 3 rings (SSSR count). The molecule has 0 heterocycles. The highest BCUT2D eigenvalue weighted by atomic mass is 35.5. The van der Waals surface area contributed by atoms with Crippen LogP contribution in [0.4, 0.5) is 4.39 Å². The molecule has 37 heavy (non-hydrogen) atoms. The molecule has 3 aromatic rings. The average Bonchev–Trinajstić information content (AvgIpc) is 2.88. The Morgan fingerprint density at radius 2 is 1.57 bits per heavy atom. The minimum absolute atomic E-state index is 0.130. The highest BCUT2D eigenvalue weighted by molar-refractivity contribution is 7.99. The summed E-state index contributed by atoms with van der Waals surface area (Å²) in [5.41, 5.74) is 2.45. The van der Waals surface area contributed by atoms with Crippen molar-refractivity contribution in [3.8, 4) is 0 Å². The van der Waals surface area contributed by atoms with Crippen LogP contribution in [0.25, 0.3) is 0 Å². The van der Waals surface area contributed by atoms with Gasteiger partial charge in [0.2, 0.25) is 11.8 Å². The summed E-state index contributed by atoms with van der Waals surface area (Å²) in [6, 6.07) is 20.2. The number of amides is 2. The van der Waals surface area contributed by atoms with Gasteiger partial charge in [-0.15, -0.1) is 11.8 Å². The van der Waals surface area contributed by atoms with E-state index in [1.165, 1.54) is 23.9 Å². The summed E-state index contributed by atoms with van der Waals surface area (Å²) < 4.78 is 13.6. The molecule has 0 aliphatic rings. The number of hydrogen-bond donors (Lipinski definition) is 1. The van der Waals surface area contributed by atoms with Gasteiger partial charge in [-0.25, -0.2) is 4.39 Å². The molecule has 4 nitrogen and oxygen atoms in total. The van der Waals surface area contributed by atoms with Crippen molar-refractivity contribution < 1.29 is 14.0 Å². The van der Waals surface area contributed by atoms with Crippen LogP contribution in [-0.4, -0.2) is 35.1 Å². The zero-order chi connectivity index (χ0) is 26.8. The number of halogens is 3. The Hall–Kier alpha value is -2.54. The lowest BCUT2D eigenvalue weighted by atomic mass is 10.0. The average molecular weight is 562 g/mol. The van der Waals surface area contributed by atoms with Gasteiger partial charge in [0.1, 0.15) is 11.9 Å². The van der Waals surface area contributed by atoms with Gasteiger partial charge in [-0.1, -0.05) is 85.6 Å². The van der Waals surface area contributed by atoms with Gasteiger partial charge in [0, 0.05) is 35.3 Å². The molecule has 0 saturated heterocycles. The summed E-state index contributed by atoms with van der Waals surface area (Å²) in [5.74, 6) is 0.0800. The zero-order valence-corrected chi connectivity index (χ0v) is 23.3. The first-order valence-electron chi connectivity index (χ1n) is 12.1. The Labute approximate surface area is 232 Å². The standard InChI is InChI=1S/C29H31Cl2FN2O2S/c1-20(2)16-33-29(36)27(15-21-7-4-3-5-8-21)34(17-22-11-13-23(32)14-12-22)28(35)19-37-18-24-25(30)9-6-10-26(24)31/h3-14,20,27H,15-19H2,1-2H3,(H,33,36)/t27-/m0/s1. The maximum Gasteiger partial charge on any atom is 0.243 e. The third-order valence-corrected chi connectivity index (χ3v) is 7.41. The number of carbonyl (C=O) groups is 2. The Morgan fingerprint density at radius 3 is 2.19 bits per heavy atom. The minimum Gasteiger partial charge on any atom is -0.354 e. The van der Waals surface area contributed by atoms with E-state index in [-0.39, 0.29) is 35.8 Å². The molecule has 3 aromatic carbocycles. The SMILES string of the molecule is CC(C)CNC(=O)[C@H](Cc1ccccc1)N(Cc1ccc(F)cc1)C(=O)CSCc1c(Cl)cccc1Cl. The molecule has 0 saturated carbocycles. The van der Waals surface area contributed by atoms with Crippen LogP contribution >= 0.6 is 35.0 Å². The van der Waals surface area contributed by atoms with Gasteiger partial charge >= 0.3 is 0 Å². The van der Waals surface area contributed by atoms with Crippen molar-refractivity contribution in [2.24, 2.45) is 5.92 Å². The topological polar surface area (TPSA) is 49.4 Å². The number of carbonyl (C=O) groups excluding carboxylic acids is 2. The van der Waals surface area contributed by atoms with Crippen molar-refractivity contribution in [3.63, 3.8) is 0 Å². The normalized spacial score (nSPS) is 11.8. The van der Waals surface area contributed by atoms with Crippen LogP contribution in [0.1, 0.15) is 30.5 Å². The Morgan fingerprint density at radius 1 is 0.919 bits per heavy atom. The quantitative estimate of drug-likeness (QED) is 0.265. The van der Waals surface area contributed by atoms with Gasteiger partial charge in [-0.05, 0) is 46.9 Å². The molecular weight excluding hydrogens is 530 g/mol. The molecule has 0 aliphatic heterocycles. The molecule has 1 atom stereocenters. The third kappa shape index (κ3) is 9.06. The Bertz CT molecular complexity index is 1160. The van der Waals surface area contributed by atoms with Gasteiger partial charge in [-0.3, -0.25) is 9.59 Å². The van der Waals surface area contributed by atoms with E-state index in [0.29, 0.717) is 28.8 Å². The van der Waals surface area contributed by atoms with Crippen LogP contribution in [0.3, 0.4) is 0 Å². The first-order valence-corrected chi connectivity index (χ1v) is 14.0. The molecule has 0 bridgehead atoms. The second-order valence-corrected chi connectivity index (χ2v) is 11.0. The van der Waals surface area contributed by atoms with E-state index in [4.69, 9.17) is 23.2 Å². The number of thioether (sulfide) groups is 1. The molecule has 196 valence electrons. The molecule has 8 heteroatoms. The second-order valence-electron chi connectivity index (χ2n) is 9.19. The van der Waals surface area contributed by atoms with Crippen LogP contribution in [0, 0.1) is 11.7 Å². The molecule has 0 radical (unpaired) electrons. The smallest absolute Gasteiger partial charge is 0.243 e. The van der Waals surface area contributed by atoms with E-state index in [9.17, 15) is 14.0 Å². The molecular formula is C29H31Cl2FN2O2S. The van der Waals surface area contributed by atoms with Crippen LogP contribution in [0.2, 0.25) is 10.0 Å². The largest absolute Gasteiger partial charge is 0.354 e. The number of hydrogen-bond acceptors (Lipinski definition) is 3. The number of nitrogens with zero attached hydrogens (tertiary/aromatic N) is 1. The van der Waals surface area contributed by atoms with Crippen molar-refractivity contribution in [2.45, 2.75) is 38.6 Å². The van der Waals surface area contributed by atoms with Crippen molar-refractivity contribution in [1.82, 2.24) is 10.2 Å². The lowest BCUT2D eigenvalue weighted by Crippen LogP contribution is -2.51. The number of rotatable bonds is 12. The molecule has 0 aromatic heterocycles. The van der Waals surface area contributed by atoms with E-state index >= 15 is 0 Å². The summed E-state index contributed by atoms with van der Waals surface area (Å²) >= 11 is 14.0. The predicted octanol–water partition coefficient (Wildman–Crippen LogP) is 6.78. The molecule has 1 N–H and O–H groups in total. The van der Waals surface area contributed by atoms with Gasteiger partial charge in [0.05, 0.1) is 5.75 Å². The van der Waals surface area contributed by atoms with Gasteiger partial charge in [0.25, 0.3) is 0 Å². The highest BCUT2D eigenvalue weighted by Crippen LogP contribution is 2.28. The van der Waals surface area contributed by atoms with Crippen LogP contribution in [0.5, 0.6) is 0 Å². The van der Waals surface area contributed by atoms with Crippen LogP contribution in [-0.2, 0) is 28.3 Å². The zero-order valence-electron chi connectivity index (χ0n) is 20.9. The fourth-order valence-electron chi connectivity index (χ4n) is 3.76. The van der Waals surface area contributed by atoms with E-state index in [1.54, 1.807) is 35.2 Å².